The second-order valence-corrected chi connectivity index (χ2v) is 4.25. The molecule has 17 heavy (non-hydrogen) atoms. The number of aliphatic hydroxyl groups is 1. The van der Waals surface area contributed by atoms with Gasteiger partial charge in [-0.25, -0.2) is 0 Å². The van der Waals surface area contributed by atoms with E-state index in [-0.39, 0.29) is 12.2 Å². The SMILES string of the molecule is O=C1CC(O)(c2cccnc2)c2ccccc21. The lowest BCUT2D eigenvalue weighted by atomic mass is 9.89. The smallest absolute Gasteiger partial charge is 0.166 e. The van der Waals surface area contributed by atoms with Crippen molar-refractivity contribution in [2.24, 2.45) is 0 Å². The number of rotatable bonds is 1. The minimum absolute atomic E-state index is 0.0213. The zero-order chi connectivity index (χ0) is 11.9. The number of carbonyl (C=O) groups is 1. The van der Waals surface area contributed by atoms with Gasteiger partial charge in [0, 0.05) is 29.9 Å². The van der Waals surface area contributed by atoms with Crippen LogP contribution in [0.2, 0.25) is 0 Å². The van der Waals surface area contributed by atoms with Gasteiger partial charge in [-0.2, -0.15) is 0 Å². The van der Waals surface area contributed by atoms with Crippen molar-refractivity contribution in [3.05, 3.63) is 65.5 Å². The lowest BCUT2D eigenvalue weighted by Crippen LogP contribution is -2.24. The zero-order valence-electron chi connectivity index (χ0n) is 9.13. The van der Waals surface area contributed by atoms with Gasteiger partial charge in [0.25, 0.3) is 0 Å². The van der Waals surface area contributed by atoms with Crippen LogP contribution in [0, 0.1) is 0 Å². The molecule has 3 heteroatoms. The first-order valence-corrected chi connectivity index (χ1v) is 5.47. The number of carbonyl (C=O) groups excluding carboxylic acids is 1. The van der Waals surface area contributed by atoms with Gasteiger partial charge in [-0.05, 0) is 11.6 Å². The third-order valence-corrected chi connectivity index (χ3v) is 3.23. The van der Waals surface area contributed by atoms with Gasteiger partial charge in [0.1, 0.15) is 5.60 Å². The Morgan fingerprint density at radius 3 is 2.76 bits per heavy atom. The molecule has 1 aliphatic carbocycles. The van der Waals surface area contributed by atoms with Gasteiger partial charge < -0.3 is 5.11 Å². The number of nitrogens with zero attached hydrogens (tertiary/aromatic N) is 1. The highest BCUT2D eigenvalue weighted by atomic mass is 16.3. The molecule has 0 amide bonds. The van der Waals surface area contributed by atoms with Gasteiger partial charge in [0.15, 0.2) is 5.78 Å². The van der Waals surface area contributed by atoms with E-state index >= 15 is 0 Å². The van der Waals surface area contributed by atoms with Crippen molar-refractivity contribution in [2.45, 2.75) is 12.0 Å². The summed E-state index contributed by atoms with van der Waals surface area (Å²) in [6.07, 6.45) is 3.35. The maximum atomic E-state index is 11.9. The van der Waals surface area contributed by atoms with Crippen LogP contribution in [0.15, 0.2) is 48.8 Å². The van der Waals surface area contributed by atoms with Crippen LogP contribution in [-0.4, -0.2) is 15.9 Å². The lowest BCUT2D eigenvalue weighted by Gasteiger charge is -2.23. The molecule has 1 heterocycles. The number of fused-ring (bicyclic) bond motifs is 1. The van der Waals surface area contributed by atoms with Gasteiger partial charge in [0.2, 0.25) is 0 Å². The van der Waals surface area contributed by atoms with E-state index in [4.69, 9.17) is 0 Å². The minimum Gasteiger partial charge on any atom is -0.380 e. The number of Topliss-reactive ketones (excluding diaryl/α,β-unsaturated/α-hetero) is 1. The molecule has 3 rings (SSSR count). The molecule has 1 aromatic heterocycles. The fourth-order valence-electron chi connectivity index (χ4n) is 2.37. The molecule has 0 saturated heterocycles. The summed E-state index contributed by atoms with van der Waals surface area (Å²) < 4.78 is 0. The molecule has 2 aromatic rings. The molecule has 0 saturated carbocycles. The van der Waals surface area contributed by atoms with Crippen molar-refractivity contribution < 1.29 is 9.90 Å². The third kappa shape index (κ3) is 1.40. The molecule has 0 fully saturated rings. The highest BCUT2D eigenvalue weighted by Gasteiger charge is 2.42. The highest BCUT2D eigenvalue weighted by molar-refractivity contribution is 6.02. The van der Waals surface area contributed by atoms with Gasteiger partial charge >= 0.3 is 0 Å². The lowest BCUT2D eigenvalue weighted by molar-refractivity contribution is 0.0684. The fraction of sp³-hybridized carbons (Fsp3) is 0.143. The molecule has 0 aliphatic heterocycles. The summed E-state index contributed by atoms with van der Waals surface area (Å²) >= 11 is 0. The van der Waals surface area contributed by atoms with Gasteiger partial charge in [-0.15, -0.1) is 0 Å². The topological polar surface area (TPSA) is 50.2 Å². The van der Waals surface area contributed by atoms with Crippen molar-refractivity contribution in [1.82, 2.24) is 4.98 Å². The van der Waals surface area contributed by atoms with Crippen LogP contribution in [0.25, 0.3) is 0 Å². The van der Waals surface area contributed by atoms with Gasteiger partial charge in [-0.1, -0.05) is 30.3 Å². The van der Waals surface area contributed by atoms with E-state index in [9.17, 15) is 9.90 Å². The van der Waals surface area contributed by atoms with Crippen molar-refractivity contribution in [2.75, 3.05) is 0 Å². The number of benzene rings is 1. The largest absolute Gasteiger partial charge is 0.380 e. The van der Waals surface area contributed by atoms with E-state index in [0.717, 1.165) is 0 Å². The molecular formula is C14H11NO2. The van der Waals surface area contributed by atoms with Crippen molar-refractivity contribution in [3.8, 4) is 0 Å². The second-order valence-electron chi connectivity index (χ2n) is 4.25. The standard InChI is InChI=1S/C14H11NO2/c16-13-8-14(17,10-4-3-7-15-9-10)12-6-2-1-5-11(12)13/h1-7,9,17H,8H2. The Morgan fingerprint density at radius 1 is 1.18 bits per heavy atom. The average molecular weight is 225 g/mol. The molecule has 0 radical (unpaired) electrons. The molecule has 84 valence electrons. The maximum Gasteiger partial charge on any atom is 0.166 e. The zero-order valence-corrected chi connectivity index (χ0v) is 9.13. The number of ketones is 1. The number of hydrogen-bond donors (Lipinski definition) is 1. The first kappa shape index (κ1) is 10.2. The van der Waals surface area contributed by atoms with Crippen LogP contribution >= 0.6 is 0 Å². The van der Waals surface area contributed by atoms with Crippen LogP contribution in [0.5, 0.6) is 0 Å². The second kappa shape index (κ2) is 3.50. The van der Waals surface area contributed by atoms with Crippen LogP contribution in [0.4, 0.5) is 0 Å². The summed E-state index contributed by atoms with van der Waals surface area (Å²) in [4.78, 5) is 15.9. The predicted octanol–water partition coefficient (Wildman–Crippen LogP) is 1.90. The Morgan fingerprint density at radius 2 is 2.00 bits per heavy atom. The van der Waals surface area contributed by atoms with Gasteiger partial charge in [0.05, 0.1) is 0 Å². The maximum absolute atomic E-state index is 11.9. The molecular weight excluding hydrogens is 214 g/mol. The fourth-order valence-corrected chi connectivity index (χ4v) is 2.37. The minimum atomic E-state index is -1.22. The molecule has 1 unspecified atom stereocenters. The Bertz CT molecular complexity index is 580. The third-order valence-electron chi connectivity index (χ3n) is 3.23. The first-order valence-electron chi connectivity index (χ1n) is 5.47. The van der Waals surface area contributed by atoms with Crippen LogP contribution in [0.3, 0.4) is 0 Å². The molecule has 0 bridgehead atoms. The first-order chi connectivity index (χ1) is 8.22. The van der Waals surface area contributed by atoms with Crippen LogP contribution in [-0.2, 0) is 5.60 Å². The molecule has 1 aliphatic rings. The molecule has 3 nitrogen and oxygen atoms in total. The Kier molecular flexibility index (Phi) is 2.09. The summed E-state index contributed by atoms with van der Waals surface area (Å²) in [5.41, 5.74) is 0.734. The molecule has 1 N–H and O–H groups in total. The Labute approximate surface area is 98.8 Å². The predicted molar refractivity (Wildman–Crippen MR) is 62.6 cm³/mol. The summed E-state index contributed by atoms with van der Waals surface area (Å²) in [6, 6.07) is 10.8. The van der Waals surface area contributed by atoms with E-state index < -0.39 is 5.60 Å². The van der Waals surface area contributed by atoms with Crippen LogP contribution < -0.4 is 0 Å². The molecule has 1 atom stereocenters. The molecule has 0 spiro atoms. The molecule has 1 aromatic carbocycles. The summed E-state index contributed by atoms with van der Waals surface area (Å²) in [7, 11) is 0. The van der Waals surface area contributed by atoms with E-state index in [0.29, 0.717) is 16.7 Å². The van der Waals surface area contributed by atoms with E-state index in [1.165, 1.54) is 0 Å². The Balaban J connectivity index is 2.21. The summed E-state index contributed by atoms with van der Waals surface area (Å²) in [5.74, 6) is -0.0213. The summed E-state index contributed by atoms with van der Waals surface area (Å²) in [6.45, 7) is 0. The van der Waals surface area contributed by atoms with Crippen LogP contribution in [0.1, 0.15) is 27.9 Å². The van der Waals surface area contributed by atoms with Crippen molar-refractivity contribution in [3.63, 3.8) is 0 Å². The van der Waals surface area contributed by atoms with Gasteiger partial charge in [-0.3, -0.25) is 9.78 Å². The highest BCUT2D eigenvalue weighted by Crippen LogP contribution is 2.41. The normalized spacial score (nSPS) is 22.5. The quantitative estimate of drug-likeness (QED) is 0.806. The van der Waals surface area contributed by atoms with E-state index in [1.807, 2.05) is 12.1 Å². The van der Waals surface area contributed by atoms with Crippen molar-refractivity contribution in [1.29, 1.82) is 0 Å². The Hall–Kier alpha value is -2.00. The number of hydrogen-bond acceptors (Lipinski definition) is 3. The van der Waals surface area contributed by atoms with Crippen molar-refractivity contribution >= 4 is 5.78 Å². The monoisotopic (exact) mass is 225 g/mol. The number of pyridine rings is 1. The number of aromatic nitrogens is 1. The average Bonchev–Trinajstić information content (AvgIpc) is 2.65. The summed E-state index contributed by atoms with van der Waals surface area (Å²) in [5, 5.41) is 10.7. The van der Waals surface area contributed by atoms with E-state index in [2.05, 4.69) is 4.98 Å². The van der Waals surface area contributed by atoms with E-state index in [1.54, 1.807) is 36.7 Å².